The van der Waals surface area contributed by atoms with Gasteiger partial charge in [0.05, 0.1) is 42.6 Å². The lowest BCUT2D eigenvalue weighted by Gasteiger charge is -2.28. The third-order valence-corrected chi connectivity index (χ3v) is 6.58. The number of likely N-dealkylation sites (tertiary alicyclic amines) is 1. The molecule has 2 aliphatic heterocycles. The highest BCUT2D eigenvalue weighted by Gasteiger charge is 2.30. The van der Waals surface area contributed by atoms with E-state index in [1.165, 1.54) is 16.1 Å². The van der Waals surface area contributed by atoms with Gasteiger partial charge in [0.25, 0.3) is 0 Å². The highest BCUT2D eigenvalue weighted by atomic mass is 32.1. The van der Waals surface area contributed by atoms with E-state index in [2.05, 4.69) is 34.5 Å². The van der Waals surface area contributed by atoms with Gasteiger partial charge in [-0.25, -0.2) is 4.98 Å². The molecular weight excluding hydrogens is 352 g/mol. The quantitative estimate of drug-likeness (QED) is 0.785. The van der Waals surface area contributed by atoms with Gasteiger partial charge in [-0.05, 0) is 37.2 Å². The van der Waals surface area contributed by atoms with Crippen LogP contribution in [0.2, 0.25) is 0 Å². The molecule has 0 aliphatic carbocycles. The molecule has 0 bridgehead atoms. The minimum Gasteiger partial charge on any atom is -0.370 e. The van der Waals surface area contributed by atoms with Crippen LogP contribution in [-0.2, 0) is 4.74 Å². The van der Waals surface area contributed by atoms with Crippen molar-refractivity contribution in [1.82, 2.24) is 15.2 Å². The van der Waals surface area contributed by atoms with Crippen LogP contribution >= 0.6 is 23.6 Å². The second kappa shape index (κ2) is 7.95. The van der Waals surface area contributed by atoms with Crippen LogP contribution < -0.4 is 10.2 Å². The molecule has 3 heterocycles. The van der Waals surface area contributed by atoms with Crippen molar-refractivity contribution in [2.24, 2.45) is 0 Å². The van der Waals surface area contributed by atoms with Crippen LogP contribution in [0.25, 0.3) is 10.2 Å². The summed E-state index contributed by atoms with van der Waals surface area (Å²) in [6.07, 6.45) is 2.31. The van der Waals surface area contributed by atoms with Gasteiger partial charge in [-0.2, -0.15) is 0 Å². The van der Waals surface area contributed by atoms with E-state index in [1.807, 2.05) is 0 Å². The van der Waals surface area contributed by atoms with E-state index < -0.39 is 0 Å². The molecule has 0 saturated carbocycles. The Hall–Kier alpha value is -1.28. The Kier molecular flexibility index (Phi) is 5.45. The first-order chi connectivity index (χ1) is 12.3. The normalized spacial score (nSPS) is 21.8. The maximum atomic E-state index is 5.70. The fourth-order valence-electron chi connectivity index (χ4n) is 3.66. The lowest BCUT2D eigenvalue weighted by atomic mass is 10.2. The molecule has 7 heteroatoms. The van der Waals surface area contributed by atoms with Crippen LogP contribution in [0.1, 0.15) is 23.9 Å². The summed E-state index contributed by atoms with van der Waals surface area (Å²) in [6.45, 7) is 7.02. The van der Waals surface area contributed by atoms with E-state index in [4.69, 9.17) is 21.9 Å². The van der Waals surface area contributed by atoms with E-state index >= 15 is 0 Å². The summed E-state index contributed by atoms with van der Waals surface area (Å²) in [5.41, 5.74) is 1.10. The maximum Gasteiger partial charge on any atom is 0.169 e. The standard InChI is InChI=1S/C18H24N4OS2/c24-18(19-7-9-21-10-12-23-13-11-21)22-8-3-5-15(22)17-20-14-4-1-2-6-16(14)25-17/h1-2,4,6,15H,3,5,7-13H2,(H,19,24)/p+1/t15-/m0/s1. The van der Waals surface area contributed by atoms with E-state index in [1.54, 1.807) is 16.2 Å². The number of benzene rings is 1. The number of aromatic nitrogens is 1. The molecule has 25 heavy (non-hydrogen) atoms. The van der Waals surface area contributed by atoms with E-state index in [9.17, 15) is 0 Å². The van der Waals surface area contributed by atoms with Gasteiger partial charge in [0.15, 0.2) is 5.11 Å². The molecule has 2 fully saturated rings. The van der Waals surface area contributed by atoms with E-state index in [0.29, 0.717) is 6.04 Å². The molecule has 2 N–H and O–H groups in total. The van der Waals surface area contributed by atoms with Gasteiger partial charge < -0.3 is 19.9 Å². The number of nitrogens with one attached hydrogen (secondary N) is 2. The number of hydrogen-bond donors (Lipinski definition) is 2. The number of fused-ring (bicyclic) bond motifs is 1. The number of thiazole rings is 1. The number of morpholine rings is 1. The maximum absolute atomic E-state index is 5.70. The molecule has 0 unspecified atom stereocenters. The second-order valence-electron chi connectivity index (χ2n) is 6.72. The lowest BCUT2D eigenvalue weighted by Crippen LogP contribution is -3.14. The summed E-state index contributed by atoms with van der Waals surface area (Å²) < 4.78 is 6.68. The molecule has 0 radical (unpaired) electrons. The summed E-state index contributed by atoms with van der Waals surface area (Å²) in [6, 6.07) is 8.71. The number of thiocarbonyl (C=S) groups is 1. The highest BCUT2D eigenvalue weighted by Crippen LogP contribution is 2.36. The third kappa shape index (κ3) is 3.95. The van der Waals surface area contributed by atoms with Crippen molar-refractivity contribution >= 4 is 38.9 Å². The number of rotatable bonds is 4. The Morgan fingerprint density at radius 2 is 2.20 bits per heavy atom. The zero-order valence-electron chi connectivity index (χ0n) is 14.4. The topological polar surface area (TPSA) is 41.8 Å². The summed E-state index contributed by atoms with van der Waals surface area (Å²) in [5.74, 6) is 0. The van der Waals surface area contributed by atoms with Gasteiger partial charge in [0.1, 0.15) is 18.1 Å². The Bertz CT molecular complexity index is 696. The van der Waals surface area contributed by atoms with Crippen molar-refractivity contribution in [3.05, 3.63) is 29.3 Å². The summed E-state index contributed by atoms with van der Waals surface area (Å²) in [7, 11) is 0. The van der Waals surface area contributed by atoms with Crippen LogP contribution in [0.5, 0.6) is 0 Å². The molecule has 1 aromatic heterocycles. The van der Waals surface area contributed by atoms with E-state index in [-0.39, 0.29) is 0 Å². The van der Waals surface area contributed by atoms with Crippen LogP contribution in [0.3, 0.4) is 0 Å². The average molecular weight is 378 g/mol. The van der Waals surface area contributed by atoms with Crippen molar-refractivity contribution in [3.63, 3.8) is 0 Å². The molecule has 1 atom stereocenters. The third-order valence-electron chi connectivity index (χ3n) is 5.06. The molecule has 2 saturated heterocycles. The molecule has 134 valence electrons. The Morgan fingerprint density at radius 1 is 1.36 bits per heavy atom. The summed E-state index contributed by atoms with van der Waals surface area (Å²) >= 11 is 7.50. The number of nitrogens with zero attached hydrogens (tertiary/aromatic N) is 2. The van der Waals surface area contributed by atoms with Gasteiger partial charge in [0.2, 0.25) is 0 Å². The number of quaternary nitrogens is 1. The van der Waals surface area contributed by atoms with Crippen molar-refractivity contribution < 1.29 is 9.64 Å². The molecule has 4 rings (SSSR count). The fourth-order valence-corrected chi connectivity index (χ4v) is 5.09. The van der Waals surface area contributed by atoms with Gasteiger partial charge in [-0.15, -0.1) is 11.3 Å². The average Bonchev–Trinajstić information content (AvgIpc) is 3.29. The van der Waals surface area contributed by atoms with Crippen LogP contribution in [-0.4, -0.2) is 60.9 Å². The minimum atomic E-state index is 0.327. The van der Waals surface area contributed by atoms with Crippen molar-refractivity contribution in [2.75, 3.05) is 45.9 Å². The first kappa shape index (κ1) is 17.1. The van der Waals surface area contributed by atoms with Gasteiger partial charge >= 0.3 is 0 Å². The summed E-state index contributed by atoms with van der Waals surface area (Å²) in [4.78, 5) is 8.79. The van der Waals surface area contributed by atoms with Crippen molar-refractivity contribution in [2.45, 2.75) is 18.9 Å². The monoisotopic (exact) mass is 377 g/mol. The minimum absolute atomic E-state index is 0.327. The summed E-state index contributed by atoms with van der Waals surface area (Å²) in [5, 5.41) is 5.56. The molecule has 0 spiro atoms. The molecule has 1 aromatic carbocycles. The zero-order valence-corrected chi connectivity index (χ0v) is 16.0. The SMILES string of the molecule is S=C(NCC[NH+]1CCOCC1)N1CCC[C@H]1c1nc2ccccc2s1. The number of para-hydroxylation sites is 1. The van der Waals surface area contributed by atoms with Gasteiger partial charge in [-0.3, -0.25) is 0 Å². The number of ether oxygens (including phenoxy) is 1. The Morgan fingerprint density at radius 3 is 3.04 bits per heavy atom. The first-order valence-corrected chi connectivity index (χ1v) is 10.3. The van der Waals surface area contributed by atoms with Gasteiger partial charge in [-0.1, -0.05) is 12.1 Å². The smallest absolute Gasteiger partial charge is 0.169 e. The van der Waals surface area contributed by atoms with Gasteiger partial charge in [0, 0.05) is 6.54 Å². The second-order valence-corrected chi connectivity index (χ2v) is 8.16. The van der Waals surface area contributed by atoms with Crippen LogP contribution in [0.4, 0.5) is 0 Å². The fraction of sp³-hybridized carbons (Fsp3) is 0.556. The van der Waals surface area contributed by atoms with Crippen LogP contribution in [0.15, 0.2) is 24.3 Å². The first-order valence-electron chi connectivity index (χ1n) is 9.12. The largest absolute Gasteiger partial charge is 0.370 e. The zero-order chi connectivity index (χ0) is 17.1. The van der Waals surface area contributed by atoms with Crippen LogP contribution in [0, 0.1) is 0 Å². The molecule has 2 aliphatic rings. The Balaban J connectivity index is 1.36. The van der Waals surface area contributed by atoms with Crippen molar-refractivity contribution in [3.8, 4) is 0 Å². The molecule has 5 nitrogen and oxygen atoms in total. The number of hydrogen-bond acceptors (Lipinski definition) is 4. The highest BCUT2D eigenvalue weighted by molar-refractivity contribution is 7.80. The molecule has 0 amide bonds. The molecule has 2 aromatic rings. The van der Waals surface area contributed by atoms with Crippen molar-refractivity contribution in [1.29, 1.82) is 0 Å². The molecular formula is C18H25N4OS2+. The Labute approximate surface area is 158 Å². The lowest BCUT2D eigenvalue weighted by molar-refractivity contribution is -0.906. The predicted molar refractivity (Wildman–Crippen MR) is 105 cm³/mol. The van der Waals surface area contributed by atoms with E-state index in [0.717, 1.165) is 63.0 Å². The predicted octanol–water partition coefficient (Wildman–Crippen LogP) is 1.22.